The first-order valence-electron chi connectivity index (χ1n) is 4.16. The van der Waals surface area contributed by atoms with Crippen LogP contribution < -0.4 is 0 Å². The van der Waals surface area contributed by atoms with Gasteiger partial charge in [-0.1, -0.05) is 6.92 Å². The minimum absolute atomic E-state index is 0. The van der Waals surface area contributed by atoms with Gasteiger partial charge in [0.2, 0.25) is 0 Å². The SMILES string of the molecule is C#CC[B]C1OC(CO)[CH-]C1C.[Y]. The molecular weight excluding hydrogens is 240 g/mol. The molecule has 13 heavy (non-hydrogen) atoms. The van der Waals surface area contributed by atoms with Crippen LogP contribution in [0.4, 0.5) is 0 Å². The van der Waals surface area contributed by atoms with Crippen molar-refractivity contribution in [3.8, 4) is 12.3 Å². The second kappa shape index (κ2) is 7.01. The zero-order valence-electron chi connectivity index (χ0n) is 7.81. The molecular formula is C9H13BO2Y-. The van der Waals surface area contributed by atoms with Crippen molar-refractivity contribution in [3.05, 3.63) is 6.42 Å². The van der Waals surface area contributed by atoms with Crippen molar-refractivity contribution in [1.29, 1.82) is 0 Å². The van der Waals surface area contributed by atoms with Crippen LogP contribution in [0, 0.1) is 24.7 Å². The zero-order valence-corrected chi connectivity index (χ0v) is 10.6. The van der Waals surface area contributed by atoms with E-state index in [0.717, 1.165) is 0 Å². The number of ether oxygens (including phenoxy) is 1. The van der Waals surface area contributed by atoms with Crippen molar-refractivity contribution in [2.75, 3.05) is 6.61 Å². The molecule has 1 N–H and O–H groups in total. The molecule has 0 amide bonds. The molecule has 1 heterocycles. The Morgan fingerprint density at radius 2 is 2.38 bits per heavy atom. The molecule has 0 spiro atoms. The van der Waals surface area contributed by atoms with Gasteiger partial charge in [0.25, 0.3) is 0 Å². The molecule has 68 valence electrons. The van der Waals surface area contributed by atoms with Gasteiger partial charge in [0.15, 0.2) is 7.28 Å². The Bertz CT molecular complexity index is 181. The van der Waals surface area contributed by atoms with Crippen LogP contribution in [0.1, 0.15) is 6.92 Å². The maximum absolute atomic E-state index is 8.82. The fourth-order valence-corrected chi connectivity index (χ4v) is 1.38. The van der Waals surface area contributed by atoms with Gasteiger partial charge in [0, 0.05) is 39.3 Å². The van der Waals surface area contributed by atoms with Gasteiger partial charge in [-0.25, -0.2) is 0 Å². The van der Waals surface area contributed by atoms with Crippen molar-refractivity contribution in [2.45, 2.75) is 25.4 Å². The van der Waals surface area contributed by atoms with Crippen LogP contribution in [-0.2, 0) is 37.4 Å². The summed E-state index contributed by atoms with van der Waals surface area (Å²) < 4.78 is 5.47. The van der Waals surface area contributed by atoms with Crippen molar-refractivity contribution in [3.63, 3.8) is 0 Å². The normalized spacial score (nSPS) is 31.9. The largest absolute Gasteiger partial charge is 0.416 e. The number of hydrogen-bond acceptors (Lipinski definition) is 2. The van der Waals surface area contributed by atoms with Crippen molar-refractivity contribution >= 4 is 7.28 Å². The van der Waals surface area contributed by atoms with Crippen LogP contribution in [0.5, 0.6) is 0 Å². The van der Waals surface area contributed by atoms with E-state index in [4.69, 9.17) is 16.3 Å². The first-order chi connectivity index (χ1) is 5.77. The minimum atomic E-state index is -0.112. The fourth-order valence-electron chi connectivity index (χ4n) is 1.38. The van der Waals surface area contributed by atoms with E-state index in [0.29, 0.717) is 12.2 Å². The van der Waals surface area contributed by atoms with Crippen LogP contribution in [0.15, 0.2) is 0 Å². The molecule has 4 heteroatoms. The predicted molar refractivity (Wildman–Crippen MR) is 48.6 cm³/mol. The summed E-state index contributed by atoms with van der Waals surface area (Å²) >= 11 is 0. The molecule has 2 radical (unpaired) electrons. The average Bonchev–Trinajstić information content (AvgIpc) is 2.43. The molecule has 1 rings (SSSR count). The topological polar surface area (TPSA) is 29.5 Å². The molecule has 3 atom stereocenters. The third-order valence-electron chi connectivity index (χ3n) is 2.02. The summed E-state index contributed by atoms with van der Waals surface area (Å²) in [4.78, 5) is 0. The second-order valence-electron chi connectivity index (χ2n) is 3.02. The number of rotatable bonds is 3. The van der Waals surface area contributed by atoms with E-state index in [1.54, 1.807) is 0 Å². The summed E-state index contributed by atoms with van der Waals surface area (Å²) in [5, 5.41) is 8.82. The van der Waals surface area contributed by atoms with Gasteiger partial charge >= 0.3 is 0 Å². The van der Waals surface area contributed by atoms with E-state index in [-0.39, 0.29) is 51.4 Å². The number of aliphatic hydroxyl groups is 1. The smallest absolute Gasteiger partial charge is 0.161 e. The minimum Gasteiger partial charge on any atom is -0.416 e. The molecule has 0 aromatic rings. The van der Waals surface area contributed by atoms with Crippen LogP contribution in [0.25, 0.3) is 0 Å². The van der Waals surface area contributed by atoms with Crippen LogP contribution in [0.3, 0.4) is 0 Å². The summed E-state index contributed by atoms with van der Waals surface area (Å²) in [6.07, 6.45) is 7.65. The second-order valence-corrected chi connectivity index (χ2v) is 3.02. The van der Waals surface area contributed by atoms with E-state index in [1.807, 2.05) is 13.7 Å². The molecule has 0 bridgehead atoms. The Hall–Kier alpha value is 0.649. The van der Waals surface area contributed by atoms with Crippen LogP contribution in [0.2, 0.25) is 6.32 Å². The predicted octanol–water partition coefficient (Wildman–Crippen LogP) is 0.297. The van der Waals surface area contributed by atoms with Gasteiger partial charge in [-0.15, -0.1) is 18.3 Å². The maximum Gasteiger partial charge on any atom is 0.161 e. The standard InChI is InChI=1S/C9H13BO2.Y/c1-3-4-10-9-7(2)5-8(6-11)12-9;/h1,5,7-9,11H,4,6H2,2H3;/q-1;. The third-order valence-corrected chi connectivity index (χ3v) is 2.02. The van der Waals surface area contributed by atoms with Gasteiger partial charge in [-0.05, 0) is 18.4 Å². The van der Waals surface area contributed by atoms with Gasteiger partial charge in [-0.3, -0.25) is 6.42 Å². The Kier molecular flexibility index (Phi) is 7.36. The van der Waals surface area contributed by atoms with E-state index in [2.05, 4.69) is 12.8 Å². The summed E-state index contributed by atoms with van der Waals surface area (Å²) in [7, 11) is 1.97. The molecule has 1 fully saturated rings. The maximum atomic E-state index is 8.82. The molecule has 1 aliphatic rings. The van der Waals surface area contributed by atoms with Crippen molar-refractivity contribution in [2.24, 2.45) is 5.92 Å². The number of terminal acetylenes is 1. The number of aliphatic hydroxyl groups excluding tert-OH is 1. The van der Waals surface area contributed by atoms with E-state index < -0.39 is 0 Å². The molecule has 0 aromatic heterocycles. The Morgan fingerprint density at radius 3 is 2.85 bits per heavy atom. The summed E-state index contributed by atoms with van der Waals surface area (Å²) in [5.74, 6) is 2.89. The average molecular weight is 253 g/mol. The molecule has 0 aromatic carbocycles. The quantitative estimate of drug-likeness (QED) is 0.445. The molecule has 0 aliphatic carbocycles. The van der Waals surface area contributed by atoms with E-state index >= 15 is 0 Å². The third kappa shape index (κ3) is 4.12. The van der Waals surface area contributed by atoms with E-state index in [1.165, 1.54) is 0 Å². The number of hydrogen-bond donors (Lipinski definition) is 1. The van der Waals surface area contributed by atoms with E-state index in [9.17, 15) is 0 Å². The monoisotopic (exact) mass is 253 g/mol. The van der Waals surface area contributed by atoms with Crippen LogP contribution >= 0.6 is 0 Å². The molecule has 3 unspecified atom stereocenters. The van der Waals surface area contributed by atoms with Crippen LogP contribution in [-0.4, -0.2) is 31.1 Å². The Labute approximate surface area is 106 Å². The molecule has 1 aliphatic heterocycles. The summed E-state index contributed by atoms with van der Waals surface area (Å²) in [6, 6.07) is 0.0817. The van der Waals surface area contributed by atoms with Crippen molar-refractivity contribution in [1.82, 2.24) is 0 Å². The molecule has 0 saturated carbocycles. The Balaban J connectivity index is 0.00000144. The van der Waals surface area contributed by atoms with Gasteiger partial charge in [-0.2, -0.15) is 0 Å². The molecule has 1 saturated heterocycles. The van der Waals surface area contributed by atoms with Gasteiger partial charge in [0.05, 0.1) is 0 Å². The Morgan fingerprint density at radius 1 is 1.69 bits per heavy atom. The van der Waals surface area contributed by atoms with Gasteiger partial charge in [0.1, 0.15) is 0 Å². The summed E-state index contributed by atoms with van der Waals surface area (Å²) in [5.41, 5.74) is 0. The first-order valence-corrected chi connectivity index (χ1v) is 4.16. The van der Waals surface area contributed by atoms with Gasteiger partial charge < -0.3 is 9.84 Å². The first kappa shape index (κ1) is 13.6. The summed E-state index contributed by atoms with van der Waals surface area (Å²) in [6.45, 7) is 2.12. The fraction of sp³-hybridized carbons (Fsp3) is 0.667. The zero-order chi connectivity index (χ0) is 8.97. The molecule has 2 nitrogen and oxygen atoms in total. The van der Waals surface area contributed by atoms with Crippen molar-refractivity contribution < 1.29 is 42.6 Å².